The molecule has 1 aromatic heterocycles. The van der Waals surface area contributed by atoms with Crippen molar-refractivity contribution in [1.29, 1.82) is 0 Å². The first kappa shape index (κ1) is 24.5. The van der Waals surface area contributed by atoms with Crippen LogP contribution in [-0.4, -0.2) is 48.6 Å². The van der Waals surface area contributed by atoms with Crippen molar-refractivity contribution in [3.05, 3.63) is 82.4 Å². The number of halogens is 1. The predicted octanol–water partition coefficient (Wildman–Crippen LogP) is 4.99. The highest BCUT2D eigenvalue weighted by Crippen LogP contribution is 2.30. The number of nitrogens with one attached hydrogen (secondary N) is 2. The van der Waals surface area contributed by atoms with Crippen molar-refractivity contribution in [2.24, 2.45) is 4.99 Å². The second-order valence-corrected chi connectivity index (χ2v) is 9.47. The SMILES string of the molecule is COc1ccc(-c2ccc3c(=O)[nH]c(O)c(C=Nc4ccc(N5C[C@@H](C)N[C@@H](C)C5)c(F)c4)c3c2)cc1. The van der Waals surface area contributed by atoms with Crippen molar-refractivity contribution in [2.45, 2.75) is 25.9 Å². The normalized spacial score (nSPS) is 18.0. The summed E-state index contributed by atoms with van der Waals surface area (Å²) in [5.74, 6) is 0.0907. The van der Waals surface area contributed by atoms with Crippen LogP contribution in [0.4, 0.5) is 15.8 Å². The molecule has 3 aromatic carbocycles. The molecule has 2 heterocycles. The second-order valence-electron chi connectivity index (χ2n) is 9.47. The number of aromatic amines is 1. The van der Waals surface area contributed by atoms with Gasteiger partial charge < -0.3 is 20.1 Å². The third-order valence-corrected chi connectivity index (χ3v) is 6.64. The number of H-pyrrole nitrogens is 1. The van der Waals surface area contributed by atoms with Crippen LogP contribution in [0.25, 0.3) is 21.9 Å². The standard InChI is InChI=1S/C29H29FN4O3/c1-17-15-34(16-18(2)32-17)27-11-7-21(13-26(27)30)31-14-25-24-12-20(19-4-8-22(37-3)9-5-19)6-10-23(24)28(35)33-29(25)36/h4-14,17-18,32H,15-16H2,1-3H3,(H2,33,35,36)/t17-,18+. The van der Waals surface area contributed by atoms with Crippen molar-refractivity contribution < 1.29 is 14.2 Å². The Hall–Kier alpha value is -4.17. The third-order valence-electron chi connectivity index (χ3n) is 6.64. The smallest absolute Gasteiger partial charge is 0.258 e. The summed E-state index contributed by atoms with van der Waals surface area (Å²) in [6, 6.07) is 18.4. The molecule has 4 aromatic rings. The van der Waals surface area contributed by atoms with E-state index in [2.05, 4.69) is 29.1 Å². The van der Waals surface area contributed by atoms with Gasteiger partial charge in [0.2, 0.25) is 5.88 Å². The van der Waals surface area contributed by atoms with E-state index in [0.717, 1.165) is 30.0 Å². The van der Waals surface area contributed by atoms with E-state index in [-0.39, 0.29) is 23.8 Å². The van der Waals surface area contributed by atoms with E-state index in [9.17, 15) is 9.90 Å². The molecule has 2 atom stereocenters. The van der Waals surface area contributed by atoms with Gasteiger partial charge in [-0.25, -0.2) is 4.39 Å². The monoisotopic (exact) mass is 500 g/mol. The van der Waals surface area contributed by atoms with E-state index >= 15 is 4.39 Å². The molecule has 0 unspecified atom stereocenters. The molecule has 0 spiro atoms. The Balaban J connectivity index is 1.49. The van der Waals surface area contributed by atoms with Gasteiger partial charge in [-0.05, 0) is 61.4 Å². The molecule has 7 nitrogen and oxygen atoms in total. The summed E-state index contributed by atoms with van der Waals surface area (Å²) in [4.78, 5) is 21.4. The number of aromatic nitrogens is 1. The number of methoxy groups -OCH3 is 1. The van der Waals surface area contributed by atoms with E-state index in [1.807, 2.05) is 41.3 Å². The van der Waals surface area contributed by atoms with Crippen molar-refractivity contribution >= 4 is 28.4 Å². The summed E-state index contributed by atoms with van der Waals surface area (Å²) in [6.07, 6.45) is 1.45. The number of nitrogens with zero attached hydrogens (tertiary/aromatic N) is 2. The molecule has 1 aliphatic rings. The Morgan fingerprint density at radius 1 is 1.00 bits per heavy atom. The van der Waals surface area contributed by atoms with Crippen LogP contribution in [0, 0.1) is 5.82 Å². The molecular weight excluding hydrogens is 471 g/mol. The van der Waals surface area contributed by atoms with Crippen LogP contribution in [0.5, 0.6) is 11.6 Å². The van der Waals surface area contributed by atoms with Gasteiger partial charge in [0.15, 0.2) is 0 Å². The van der Waals surface area contributed by atoms with Gasteiger partial charge >= 0.3 is 0 Å². The first-order chi connectivity index (χ1) is 17.8. The lowest BCUT2D eigenvalue weighted by molar-refractivity contribution is 0.404. The zero-order valence-electron chi connectivity index (χ0n) is 21.0. The minimum absolute atomic E-state index is 0.264. The first-order valence-corrected chi connectivity index (χ1v) is 12.2. The van der Waals surface area contributed by atoms with E-state index < -0.39 is 5.56 Å². The fraction of sp³-hybridized carbons (Fsp3) is 0.241. The highest BCUT2D eigenvalue weighted by Gasteiger charge is 2.23. The number of ether oxygens (including phenoxy) is 1. The topological polar surface area (TPSA) is 90.0 Å². The molecule has 0 saturated carbocycles. The van der Waals surface area contributed by atoms with E-state index in [1.165, 1.54) is 12.3 Å². The summed E-state index contributed by atoms with van der Waals surface area (Å²) in [7, 11) is 1.61. The van der Waals surface area contributed by atoms with Crippen LogP contribution in [0.15, 0.2) is 70.5 Å². The van der Waals surface area contributed by atoms with Gasteiger partial charge in [-0.1, -0.05) is 18.2 Å². The van der Waals surface area contributed by atoms with Gasteiger partial charge in [0.1, 0.15) is 11.6 Å². The lowest BCUT2D eigenvalue weighted by Gasteiger charge is -2.37. The Morgan fingerprint density at radius 3 is 2.38 bits per heavy atom. The number of hydrogen-bond donors (Lipinski definition) is 3. The molecule has 37 heavy (non-hydrogen) atoms. The molecule has 8 heteroatoms. The quantitative estimate of drug-likeness (QED) is 0.336. The zero-order valence-corrected chi connectivity index (χ0v) is 21.0. The highest BCUT2D eigenvalue weighted by atomic mass is 19.1. The lowest BCUT2D eigenvalue weighted by Crippen LogP contribution is -2.54. The van der Waals surface area contributed by atoms with Gasteiger partial charge in [0, 0.05) is 48.2 Å². The minimum Gasteiger partial charge on any atom is -0.497 e. The van der Waals surface area contributed by atoms with Crippen LogP contribution < -0.4 is 20.5 Å². The van der Waals surface area contributed by atoms with Crippen LogP contribution in [0.2, 0.25) is 0 Å². The number of aromatic hydroxyl groups is 1. The number of hydrogen-bond acceptors (Lipinski definition) is 6. The molecule has 0 radical (unpaired) electrons. The molecule has 3 N–H and O–H groups in total. The maximum atomic E-state index is 15.1. The number of fused-ring (bicyclic) bond motifs is 1. The van der Waals surface area contributed by atoms with Crippen LogP contribution >= 0.6 is 0 Å². The molecule has 1 fully saturated rings. The van der Waals surface area contributed by atoms with Crippen LogP contribution in [-0.2, 0) is 0 Å². The number of aliphatic imine (C=N–C) groups is 1. The maximum Gasteiger partial charge on any atom is 0.258 e. The molecule has 5 rings (SSSR count). The van der Waals surface area contributed by atoms with E-state index in [0.29, 0.717) is 27.7 Å². The summed E-state index contributed by atoms with van der Waals surface area (Å²) >= 11 is 0. The van der Waals surface area contributed by atoms with Crippen molar-refractivity contribution in [3.63, 3.8) is 0 Å². The van der Waals surface area contributed by atoms with Crippen molar-refractivity contribution in [2.75, 3.05) is 25.1 Å². The number of pyridine rings is 1. The van der Waals surface area contributed by atoms with Crippen molar-refractivity contribution in [1.82, 2.24) is 10.3 Å². The molecule has 0 bridgehead atoms. The predicted molar refractivity (Wildman–Crippen MR) is 146 cm³/mol. The maximum absolute atomic E-state index is 15.1. The Labute approximate surface area is 214 Å². The fourth-order valence-corrected chi connectivity index (χ4v) is 4.92. The largest absolute Gasteiger partial charge is 0.497 e. The Morgan fingerprint density at radius 2 is 1.70 bits per heavy atom. The summed E-state index contributed by atoms with van der Waals surface area (Å²) in [5, 5.41) is 15.0. The zero-order chi connectivity index (χ0) is 26.1. The van der Waals surface area contributed by atoms with Gasteiger partial charge in [0.05, 0.1) is 24.0 Å². The Bertz CT molecular complexity index is 1520. The van der Waals surface area contributed by atoms with Crippen LogP contribution in [0.1, 0.15) is 19.4 Å². The number of rotatable bonds is 5. The second kappa shape index (κ2) is 10.1. The molecule has 1 saturated heterocycles. The Kier molecular flexibility index (Phi) is 6.67. The number of piperazine rings is 1. The van der Waals surface area contributed by atoms with Gasteiger partial charge in [0.25, 0.3) is 5.56 Å². The molecule has 0 aliphatic carbocycles. The molecule has 190 valence electrons. The average molecular weight is 501 g/mol. The van der Waals surface area contributed by atoms with Crippen LogP contribution in [0.3, 0.4) is 0 Å². The molecule has 0 amide bonds. The minimum atomic E-state index is -0.402. The van der Waals surface area contributed by atoms with E-state index in [1.54, 1.807) is 25.3 Å². The highest BCUT2D eigenvalue weighted by molar-refractivity contribution is 6.03. The number of benzene rings is 3. The van der Waals surface area contributed by atoms with Crippen molar-refractivity contribution in [3.8, 4) is 22.8 Å². The third kappa shape index (κ3) is 5.06. The lowest BCUT2D eigenvalue weighted by atomic mass is 9.99. The average Bonchev–Trinajstić information content (AvgIpc) is 2.87. The fourth-order valence-electron chi connectivity index (χ4n) is 4.92. The molecule has 1 aliphatic heterocycles. The van der Waals surface area contributed by atoms with E-state index in [4.69, 9.17) is 4.74 Å². The summed E-state index contributed by atoms with van der Waals surface area (Å²) in [5.41, 5.74) is 2.69. The van der Waals surface area contributed by atoms with Gasteiger partial charge in [-0.3, -0.25) is 14.8 Å². The number of anilines is 1. The summed E-state index contributed by atoms with van der Waals surface area (Å²) in [6.45, 7) is 5.61. The van der Waals surface area contributed by atoms with Gasteiger partial charge in [-0.2, -0.15) is 0 Å². The summed E-state index contributed by atoms with van der Waals surface area (Å²) < 4.78 is 20.3. The van der Waals surface area contributed by atoms with Gasteiger partial charge in [-0.15, -0.1) is 0 Å². The first-order valence-electron chi connectivity index (χ1n) is 12.2. The molecular formula is C29H29FN4O3.